The number of fused-ring (bicyclic) bond motifs is 1. The van der Waals surface area contributed by atoms with Crippen LogP contribution in [0.1, 0.15) is 40.6 Å². The fourth-order valence-electron chi connectivity index (χ4n) is 2.55. The zero-order chi connectivity index (χ0) is 17.8. The second-order valence-corrected chi connectivity index (χ2v) is 8.08. The molecule has 1 aromatic carbocycles. The van der Waals surface area contributed by atoms with E-state index in [1.807, 2.05) is 24.3 Å². The van der Waals surface area contributed by atoms with Crippen LogP contribution < -0.4 is 5.32 Å². The standard InChI is InChI=1S/C19H21N3OS2/c1-4-5-10-20-17(23)14-8-6-7-9-15(14)25-19-16-12(2)13(3)24-18(16)21-11-22-19/h6-9,11H,4-5,10H2,1-3H3,(H,20,23). The number of amides is 1. The summed E-state index contributed by atoms with van der Waals surface area (Å²) in [6, 6.07) is 7.69. The summed E-state index contributed by atoms with van der Waals surface area (Å²) in [4.78, 5) is 24.5. The predicted octanol–water partition coefficient (Wildman–Crippen LogP) is 4.99. The summed E-state index contributed by atoms with van der Waals surface area (Å²) >= 11 is 3.22. The highest BCUT2D eigenvalue weighted by Gasteiger charge is 2.16. The van der Waals surface area contributed by atoms with Crippen molar-refractivity contribution in [2.75, 3.05) is 6.54 Å². The molecule has 0 saturated carbocycles. The van der Waals surface area contributed by atoms with Crippen LogP contribution in [0.3, 0.4) is 0 Å². The molecule has 1 N–H and O–H groups in total. The number of carbonyl (C=O) groups excluding carboxylic acids is 1. The molecule has 1 amide bonds. The molecule has 0 spiro atoms. The number of unbranched alkanes of at least 4 members (excludes halogenated alkanes) is 1. The minimum atomic E-state index is -0.0277. The number of hydrogen-bond acceptors (Lipinski definition) is 5. The average Bonchev–Trinajstić information content (AvgIpc) is 2.91. The van der Waals surface area contributed by atoms with Crippen LogP contribution in [0.25, 0.3) is 10.2 Å². The Morgan fingerprint density at radius 2 is 2.04 bits per heavy atom. The van der Waals surface area contributed by atoms with Gasteiger partial charge >= 0.3 is 0 Å². The lowest BCUT2D eigenvalue weighted by molar-refractivity contribution is 0.0950. The number of benzene rings is 1. The summed E-state index contributed by atoms with van der Waals surface area (Å²) in [5.74, 6) is -0.0277. The van der Waals surface area contributed by atoms with Gasteiger partial charge in [-0.3, -0.25) is 4.79 Å². The monoisotopic (exact) mass is 371 g/mol. The van der Waals surface area contributed by atoms with Crippen LogP contribution in [0.4, 0.5) is 0 Å². The van der Waals surface area contributed by atoms with Gasteiger partial charge in [0.2, 0.25) is 0 Å². The Kier molecular flexibility index (Phi) is 5.71. The number of aromatic nitrogens is 2. The molecule has 0 atom stereocenters. The molecule has 0 fully saturated rings. The maximum atomic E-state index is 12.5. The topological polar surface area (TPSA) is 54.9 Å². The van der Waals surface area contributed by atoms with Crippen molar-refractivity contribution in [3.8, 4) is 0 Å². The van der Waals surface area contributed by atoms with E-state index in [2.05, 4.69) is 36.1 Å². The second kappa shape index (κ2) is 7.97. The molecule has 0 aliphatic carbocycles. The Bertz CT molecular complexity index is 905. The lowest BCUT2D eigenvalue weighted by Crippen LogP contribution is -2.24. The molecule has 3 aromatic rings. The van der Waals surface area contributed by atoms with Crippen LogP contribution in [0.15, 0.2) is 40.5 Å². The summed E-state index contributed by atoms with van der Waals surface area (Å²) in [5.41, 5.74) is 1.91. The molecule has 3 rings (SSSR count). The summed E-state index contributed by atoms with van der Waals surface area (Å²) in [6.45, 7) is 7.02. The smallest absolute Gasteiger partial charge is 0.252 e. The fourth-order valence-corrected chi connectivity index (χ4v) is 4.69. The number of nitrogens with one attached hydrogen (secondary N) is 1. The van der Waals surface area contributed by atoms with Crippen LogP contribution in [0.5, 0.6) is 0 Å². The summed E-state index contributed by atoms with van der Waals surface area (Å²) in [5, 5.41) is 4.99. The molecule has 0 aliphatic rings. The van der Waals surface area contributed by atoms with E-state index in [9.17, 15) is 4.79 Å². The molecule has 0 aliphatic heterocycles. The van der Waals surface area contributed by atoms with Gasteiger partial charge in [0.25, 0.3) is 5.91 Å². The van der Waals surface area contributed by atoms with E-state index in [1.165, 1.54) is 22.2 Å². The Morgan fingerprint density at radius 1 is 1.24 bits per heavy atom. The van der Waals surface area contributed by atoms with Gasteiger partial charge in [0.05, 0.1) is 5.56 Å². The summed E-state index contributed by atoms with van der Waals surface area (Å²) in [7, 11) is 0. The number of nitrogens with zero attached hydrogens (tertiary/aromatic N) is 2. The number of rotatable bonds is 6. The third-order valence-corrected chi connectivity index (χ3v) is 6.28. The van der Waals surface area contributed by atoms with E-state index in [4.69, 9.17) is 0 Å². The van der Waals surface area contributed by atoms with Gasteiger partial charge in [-0.25, -0.2) is 9.97 Å². The highest BCUT2D eigenvalue weighted by atomic mass is 32.2. The van der Waals surface area contributed by atoms with Crippen LogP contribution in [0.2, 0.25) is 0 Å². The van der Waals surface area contributed by atoms with Gasteiger partial charge < -0.3 is 5.32 Å². The third kappa shape index (κ3) is 3.85. The average molecular weight is 372 g/mol. The quantitative estimate of drug-likeness (QED) is 0.490. The predicted molar refractivity (Wildman–Crippen MR) is 105 cm³/mol. The third-order valence-electron chi connectivity index (χ3n) is 4.08. The molecule has 2 heterocycles. The Labute approximate surface area is 156 Å². The summed E-state index contributed by atoms with van der Waals surface area (Å²) < 4.78 is 0. The minimum absolute atomic E-state index is 0.0277. The van der Waals surface area contributed by atoms with Crippen molar-refractivity contribution < 1.29 is 4.79 Å². The fraction of sp³-hybridized carbons (Fsp3) is 0.316. The van der Waals surface area contributed by atoms with Crippen molar-refractivity contribution in [1.82, 2.24) is 15.3 Å². The first-order chi connectivity index (χ1) is 12.1. The Morgan fingerprint density at radius 3 is 2.84 bits per heavy atom. The molecule has 2 aromatic heterocycles. The van der Waals surface area contributed by atoms with Crippen molar-refractivity contribution in [3.05, 3.63) is 46.6 Å². The lowest BCUT2D eigenvalue weighted by atomic mass is 10.2. The van der Waals surface area contributed by atoms with E-state index in [-0.39, 0.29) is 5.91 Å². The number of hydrogen-bond donors (Lipinski definition) is 1. The molecular formula is C19H21N3OS2. The first kappa shape index (κ1) is 17.9. The highest BCUT2D eigenvalue weighted by molar-refractivity contribution is 7.99. The van der Waals surface area contributed by atoms with Gasteiger partial charge in [-0.2, -0.15) is 0 Å². The molecular weight excluding hydrogens is 350 g/mol. The van der Waals surface area contributed by atoms with Crippen LogP contribution in [-0.4, -0.2) is 22.4 Å². The largest absolute Gasteiger partial charge is 0.352 e. The first-order valence-corrected chi connectivity index (χ1v) is 10.0. The van der Waals surface area contributed by atoms with Gasteiger partial charge in [0.1, 0.15) is 16.2 Å². The zero-order valence-electron chi connectivity index (χ0n) is 14.6. The maximum absolute atomic E-state index is 12.5. The van der Waals surface area contributed by atoms with Gasteiger partial charge in [0.15, 0.2) is 0 Å². The number of aryl methyl sites for hydroxylation is 2. The first-order valence-electron chi connectivity index (χ1n) is 8.37. The number of carbonyl (C=O) groups is 1. The molecule has 25 heavy (non-hydrogen) atoms. The molecule has 0 bridgehead atoms. The second-order valence-electron chi connectivity index (χ2n) is 5.85. The van der Waals surface area contributed by atoms with Gasteiger partial charge in [0, 0.05) is 21.7 Å². The molecule has 0 saturated heterocycles. The van der Waals surface area contributed by atoms with E-state index >= 15 is 0 Å². The molecule has 4 nitrogen and oxygen atoms in total. The number of thiophene rings is 1. The van der Waals surface area contributed by atoms with E-state index in [1.54, 1.807) is 17.7 Å². The van der Waals surface area contributed by atoms with E-state index < -0.39 is 0 Å². The van der Waals surface area contributed by atoms with E-state index in [0.29, 0.717) is 12.1 Å². The Balaban J connectivity index is 1.93. The molecule has 0 radical (unpaired) electrons. The van der Waals surface area contributed by atoms with Crippen molar-refractivity contribution in [2.24, 2.45) is 0 Å². The van der Waals surface area contributed by atoms with Crippen LogP contribution in [0, 0.1) is 13.8 Å². The normalized spacial score (nSPS) is 11.0. The van der Waals surface area contributed by atoms with Gasteiger partial charge in [-0.1, -0.05) is 37.2 Å². The Hall–Kier alpha value is -1.92. The van der Waals surface area contributed by atoms with Gasteiger partial charge in [-0.05, 0) is 38.0 Å². The minimum Gasteiger partial charge on any atom is -0.352 e. The molecule has 130 valence electrons. The SMILES string of the molecule is CCCCNC(=O)c1ccccc1Sc1ncnc2sc(C)c(C)c12. The summed E-state index contributed by atoms with van der Waals surface area (Å²) in [6.07, 6.45) is 3.65. The van der Waals surface area contributed by atoms with Crippen molar-refractivity contribution in [2.45, 2.75) is 43.5 Å². The van der Waals surface area contributed by atoms with Crippen molar-refractivity contribution in [3.63, 3.8) is 0 Å². The van der Waals surface area contributed by atoms with Crippen molar-refractivity contribution >= 4 is 39.2 Å². The lowest BCUT2D eigenvalue weighted by Gasteiger charge is -2.10. The van der Waals surface area contributed by atoms with E-state index in [0.717, 1.165) is 33.0 Å². The van der Waals surface area contributed by atoms with Crippen molar-refractivity contribution in [1.29, 1.82) is 0 Å². The van der Waals surface area contributed by atoms with Crippen LogP contribution >= 0.6 is 23.1 Å². The van der Waals surface area contributed by atoms with Gasteiger partial charge in [-0.15, -0.1) is 11.3 Å². The maximum Gasteiger partial charge on any atom is 0.252 e. The molecule has 0 unspecified atom stereocenters. The molecule has 6 heteroatoms. The zero-order valence-corrected chi connectivity index (χ0v) is 16.3. The highest BCUT2D eigenvalue weighted by Crippen LogP contribution is 2.38. The van der Waals surface area contributed by atoms with Crippen LogP contribution in [-0.2, 0) is 0 Å².